The van der Waals surface area contributed by atoms with Gasteiger partial charge in [0.15, 0.2) is 5.78 Å². The Balaban J connectivity index is 1.71. The van der Waals surface area contributed by atoms with Gasteiger partial charge in [0, 0.05) is 40.7 Å². The summed E-state index contributed by atoms with van der Waals surface area (Å²) in [5, 5.41) is 19.0. The van der Waals surface area contributed by atoms with Crippen molar-refractivity contribution in [1.82, 2.24) is 14.8 Å². The summed E-state index contributed by atoms with van der Waals surface area (Å²) in [5.74, 6) is 0.329. The maximum absolute atomic E-state index is 12.6. The van der Waals surface area contributed by atoms with Crippen LogP contribution in [0.5, 0.6) is 0 Å². The zero-order chi connectivity index (χ0) is 20.4. The van der Waals surface area contributed by atoms with Crippen molar-refractivity contribution in [2.24, 2.45) is 0 Å². The molecule has 0 radical (unpaired) electrons. The maximum Gasteiger partial charge on any atom is 0.277 e. The maximum atomic E-state index is 12.6. The minimum Gasteiger partial charge on any atom is -0.411 e. The molecule has 0 unspecified atom stereocenters. The normalized spacial score (nSPS) is 11.2. The van der Waals surface area contributed by atoms with Gasteiger partial charge in [-0.15, -0.1) is 10.2 Å². The fourth-order valence-electron chi connectivity index (χ4n) is 3.20. The highest BCUT2D eigenvalue weighted by Gasteiger charge is 2.19. The van der Waals surface area contributed by atoms with E-state index in [2.05, 4.69) is 28.6 Å². The van der Waals surface area contributed by atoms with Crippen LogP contribution >= 0.6 is 11.8 Å². The predicted octanol–water partition coefficient (Wildman–Crippen LogP) is 4.62. The Bertz CT molecular complexity index is 1040. The summed E-state index contributed by atoms with van der Waals surface area (Å²) in [6.45, 7) is 8.09. The van der Waals surface area contributed by atoms with Crippen LogP contribution in [0.4, 0.5) is 5.69 Å². The molecule has 0 bridgehead atoms. The molecule has 2 aromatic heterocycles. The highest BCUT2D eigenvalue weighted by Crippen LogP contribution is 2.27. The van der Waals surface area contributed by atoms with Gasteiger partial charge in [-0.2, -0.15) is 0 Å². The molecule has 1 aromatic carbocycles. The number of Topliss-reactive ketones (excluding diaryl/α,β-unsaturated/α-hetero) is 1. The molecule has 146 valence electrons. The van der Waals surface area contributed by atoms with E-state index in [9.17, 15) is 14.9 Å². The van der Waals surface area contributed by atoms with E-state index < -0.39 is 4.92 Å². The topological polar surface area (TPSA) is 104 Å². The molecule has 0 aliphatic carbocycles. The Labute approximate surface area is 166 Å². The van der Waals surface area contributed by atoms with E-state index in [1.165, 1.54) is 12.1 Å². The summed E-state index contributed by atoms with van der Waals surface area (Å²) in [5.41, 5.74) is 3.09. The second kappa shape index (κ2) is 7.97. The molecule has 9 heteroatoms. The molecule has 0 fully saturated rings. The quantitative estimate of drug-likeness (QED) is 0.247. The molecule has 0 N–H and O–H groups in total. The molecule has 0 saturated heterocycles. The Hall–Kier alpha value is -2.94. The first kappa shape index (κ1) is 19.8. The molecule has 8 nitrogen and oxygen atoms in total. The number of hydrogen-bond donors (Lipinski definition) is 0. The van der Waals surface area contributed by atoms with E-state index in [1.54, 1.807) is 12.1 Å². The lowest BCUT2D eigenvalue weighted by Gasteiger charge is -2.13. The number of benzene rings is 1. The number of thioether (sulfide) groups is 1. The Morgan fingerprint density at radius 3 is 2.68 bits per heavy atom. The van der Waals surface area contributed by atoms with Gasteiger partial charge in [-0.05, 0) is 39.8 Å². The number of hydrogen-bond acceptors (Lipinski definition) is 7. The van der Waals surface area contributed by atoms with Gasteiger partial charge in [-0.3, -0.25) is 14.9 Å². The van der Waals surface area contributed by atoms with Crippen LogP contribution in [0, 0.1) is 24.0 Å². The SMILES string of the molecule is Cc1cc(C(=O)CSc2nnc(-c3cccc([N+](=O)[O-])c3)o2)c(C)n1C(C)C. The van der Waals surface area contributed by atoms with E-state index in [1.807, 2.05) is 19.9 Å². The van der Waals surface area contributed by atoms with E-state index in [0.29, 0.717) is 11.1 Å². The van der Waals surface area contributed by atoms with Crippen LogP contribution in [0.25, 0.3) is 11.5 Å². The number of nitro groups is 1. The second-order valence-corrected chi connectivity index (χ2v) is 7.57. The number of aryl methyl sites for hydroxylation is 1. The van der Waals surface area contributed by atoms with Crippen LogP contribution in [-0.4, -0.2) is 31.2 Å². The van der Waals surface area contributed by atoms with Crippen LogP contribution < -0.4 is 0 Å². The van der Waals surface area contributed by atoms with Crippen molar-refractivity contribution in [1.29, 1.82) is 0 Å². The van der Waals surface area contributed by atoms with Gasteiger partial charge < -0.3 is 8.98 Å². The fraction of sp³-hybridized carbons (Fsp3) is 0.316. The number of carbonyl (C=O) groups excluding carboxylic acids is 1. The first-order chi connectivity index (χ1) is 13.3. The monoisotopic (exact) mass is 400 g/mol. The molecule has 0 atom stereocenters. The van der Waals surface area contributed by atoms with Crippen molar-refractivity contribution in [3.63, 3.8) is 0 Å². The molecular weight excluding hydrogens is 380 g/mol. The number of aromatic nitrogens is 3. The molecule has 0 spiro atoms. The van der Waals surface area contributed by atoms with E-state index in [-0.39, 0.29) is 34.4 Å². The predicted molar refractivity (Wildman–Crippen MR) is 106 cm³/mol. The zero-order valence-corrected chi connectivity index (χ0v) is 16.8. The zero-order valence-electron chi connectivity index (χ0n) is 16.0. The van der Waals surface area contributed by atoms with E-state index in [4.69, 9.17) is 4.42 Å². The first-order valence-electron chi connectivity index (χ1n) is 8.70. The van der Waals surface area contributed by atoms with Crippen LogP contribution in [0.15, 0.2) is 40.0 Å². The number of nitro benzene ring substituents is 1. The third kappa shape index (κ3) is 3.99. The van der Waals surface area contributed by atoms with Gasteiger partial charge in [0.2, 0.25) is 5.89 Å². The van der Waals surface area contributed by atoms with Gasteiger partial charge in [0.05, 0.1) is 10.7 Å². The van der Waals surface area contributed by atoms with E-state index in [0.717, 1.165) is 23.1 Å². The summed E-state index contributed by atoms with van der Waals surface area (Å²) in [6.07, 6.45) is 0. The summed E-state index contributed by atoms with van der Waals surface area (Å²) in [6, 6.07) is 8.15. The van der Waals surface area contributed by atoms with Gasteiger partial charge >= 0.3 is 0 Å². The molecule has 3 aromatic rings. The third-order valence-electron chi connectivity index (χ3n) is 4.34. The van der Waals surface area contributed by atoms with Crippen LogP contribution in [0.1, 0.15) is 41.6 Å². The van der Waals surface area contributed by atoms with Gasteiger partial charge in [0.25, 0.3) is 10.9 Å². The smallest absolute Gasteiger partial charge is 0.277 e. The number of ketones is 1. The Morgan fingerprint density at radius 1 is 1.29 bits per heavy atom. The Kier molecular flexibility index (Phi) is 5.64. The third-order valence-corrected chi connectivity index (χ3v) is 5.16. The molecule has 0 aliphatic rings. The molecule has 0 saturated carbocycles. The highest BCUT2D eigenvalue weighted by molar-refractivity contribution is 7.99. The number of carbonyl (C=O) groups is 1. The molecule has 3 rings (SSSR count). The lowest BCUT2D eigenvalue weighted by atomic mass is 10.2. The lowest BCUT2D eigenvalue weighted by Crippen LogP contribution is -2.08. The minimum absolute atomic E-state index is 0.0138. The van der Waals surface area contributed by atoms with Crippen LogP contribution in [0.3, 0.4) is 0 Å². The van der Waals surface area contributed by atoms with Gasteiger partial charge in [0.1, 0.15) is 0 Å². The molecule has 0 amide bonds. The summed E-state index contributed by atoms with van der Waals surface area (Å²) in [4.78, 5) is 23.0. The number of rotatable bonds is 7. The van der Waals surface area contributed by atoms with Crippen molar-refractivity contribution in [2.75, 3.05) is 5.75 Å². The first-order valence-corrected chi connectivity index (χ1v) is 9.69. The molecular formula is C19H20N4O4S. The number of non-ortho nitro benzene ring substituents is 1. The molecule has 0 aliphatic heterocycles. The second-order valence-electron chi connectivity index (χ2n) is 6.64. The summed E-state index contributed by atoms with van der Waals surface area (Å²) < 4.78 is 7.68. The fourth-order valence-corrected chi connectivity index (χ4v) is 3.84. The van der Waals surface area contributed by atoms with Crippen molar-refractivity contribution in [2.45, 2.75) is 39.0 Å². The van der Waals surface area contributed by atoms with Crippen molar-refractivity contribution >= 4 is 23.2 Å². The Morgan fingerprint density at radius 2 is 2.04 bits per heavy atom. The summed E-state index contributed by atoms with van der Waals surface area (Å²) >= 11 is 1.15. The van der Waals surface area contributed by atoms with Crippen molar-refractivity contribution in [3.8, 4) is 11.5 Å². The van der Waals surface area contributed by atoms with Crippen molar-refractivity contribution in [3.05, 3.63) is 57.4 Å². The highest BCUT2D eigenvalue weighted by atomic mass is 32.2. The average molecular weight is 400 g/mol. The van der Waals surface area contributed by atoms with Gasteiger partial charge in [-0.1, -0.05) is 17.8 Å². The average Bonchev–Trinajstić information content (AvgIpc) is 3.24. The molecule has 28 heavy (non-hydrogen) atoms. The largest absolute Gasteiger partial charge is 0.411 e. The van der Waals surface area contributed by atoms with E-state index >= 15 is 0 Å². The standard InChI is InChI=1S/C19H20N4O4S/c1-11(2)22-12(3)8-16(13(22)4)17(24)10-28-19-21-20-18(27-19)14-6-5-7-15(9-14)23(25)26/h5-9,11H,10H2,1-4H3. The van der Waals surface area contributed by atoms with Gasteiger partial charge in [-0.25, -0.2) is 0 Å². The number of nitrogens with zero attached hydrogens (tertiary/aromatic N) is 4. The van der Waals surface area contributed by atoms with Crippen LogP contribution in [0.2, 0.25) is 0 Å². The van der Waals surface area contributed by atoms with Crippen LogP contribution in [-0.2, 0) is 0 Å². The van der Waals surface area contributed by atoms with Crippen molar-refractivity contribution < 1.29 is 14.1 Å². The molecule has 2 heterocycles. The minimum atomic E-state index is -0.484. The lowest BCUT2D eigenvalue weighted by molar-refractivity contribution is -0.384. The summed E-state index contributed by atoms with van der Waals surface area (Å²) in [7, 11) is 0.